The third-order valence-electron chi connectivity index (χ3n) is 5.08. The Morgan fingerprint density at radius 2 is 2.04 bits per heavy atom. The van der Waals surface area contributed by atoms with Gasteiger partial charge in [0.1, 0.15) is 0 Å². The molecule has 25 heavy (non-hydrogen) atoms. The first-order chi connectivity index (χ1) is 12.0. The zero-order valence-corrected chi connectivity index (χ0v) is 17.0. The SMILES string of the molecule is C=C(CCC)C(C)(CC1CN=C(c2ccc(C#CCC)cc2)C1)SC. The molecule has 1 aliphatic heterocycles. The second-order valence-corrected chi connectivity index (χ2v) is 8.39. The van der Waals surface area contributed by atoms with Gasteiger partial charge in [-0.2, -0.15) is 11.8 Å². The van der Waals surface area contributed by atoms with Gasteiger partial charge in [-0.25, -0.2) is 0 Å². The summed E-state index contributed by atoms with van der Waals surface area (Å²) in [7, 11) is 0. The first-order valence-corrected chi connectivity index (χ1v) is 10.6. The largest absolute Gasteiger partial charge is 0.289 e. The van der Waals surface area contributed by atoms with Crippen molar-refractivity contribution in [1.82, 2.24) is 0 Å². The molecule has 2 atom stereocenters. The number of nitrogens with zero attached hydrogens (tertiary/aromatic N) is 1. The molecule has 1 nitrogen and oxygen atoms in total. The van der Waals surface area contributed by atoms with Crippen molar-refractivity contribution in [2.24, 2.45) is 10.9 Å². The van der Waals surface area contributed by atoms with Gasteiger partial charge < -0.3 is 0 Å². The molecule has 2 heteroatoms. The molecule has 0 aliphatic carbocycles. The molecule has 0 spiro atoms. The third kappa shape index (κ3) is 5.25. The zero-order valence-electron chi connectivity index (χ0n) is 16.2. The van der Waals surface area contributed by atoms with Crippen LogP contribution < -0.4 is 0 Å². The summed E-state index contributed by atoms with van der Waals surface area (Å²) in [6.07, 6.45) is 7.66. The Bertz CT molecular complexity index is 674. The number of benzene rings is 1. The molecule has 0 fully saturated rings. The van der Waals surface area contributed by atoms with Crippen LogP contribution >= 0.6 is 11.8 Å². The Morgan fingerprint density at radius 3 is 2.64 bits per heavy atom. The molecule has 0 radical (unpaired) electrons. The average Bonchev–Trinajstić information content (AvgIpc) is 3.08. The van der Waals surface area contributed by atoms with E-state index in [4.69, 9.17) is 4.99 Å². The van der Waals surface area contributed by atoms with Gasteiger partial charge in [-0.3, -0.25) is 4.99 Å². The van der Waals surface area contributed by atoms with E-state index in [1.54, 1.807) is 0 Å². The van der Waals surface area contributed by atoms with E-state index in [9.17, 15) is 0 Å². The van der Waals surface area contributed by atoms with E-state index in [1.807, 2.05) is 11.8 Å². The fraction of sp³-hybridized carbons (Fsp3) is 0.522. The molecule has 1 aliphatic rings. The Balaban J connectivity index is 1.99. The third-order valence-corrected chi connectivity index (χ3v) is 6.43. The van der Waals surface area contributed by atoms with E-state index in [0.29, 0.717) is 5.92 Å². The number of hydrogen-bond acceptors (Lipinski definition) is 2. The van der Waals surface area contributed by atoms with Crippen LogP contribution in [0.2, 0.25) is 0 Å². The predicted molar refractivity (Wildman–Crippen MR) is 114 cm³/mol. The topological polar surface area (TPSA) is 12.4 Å². The zero-order chi connectivity index (χ0) is 18.3. The number of hydrogen-bond donors (Lipinski definition) is 0. The first-order valence-electron chi connectivity index (χ1n) is 9.38. The van der Waals surface area contributed by atoms with Crippen molar-refractivity contribution < 1.29 is 0 Å². The summed E-state index contributed by atoms with van der Waals surface area (Å²) in [6, 6.07) is 8.57. The fourth-order valence-corrected chi connectivity index (χ4v) is 4.21. The molecule has 0 amide bonds. The van der Waals surface area contributed by atoms with Crippen LogP contribution in [-0.2, 0) is 0 Å². The van der Waals surface area contributed by atoms with E-state index >= 15 is 0 Å². The molecule has 0 saturated heterocycles. The normalized spacial score (nSPS) is 18.9. The van der Waals surface area contributed by atoms with E-state index in [1.165, 1.54) is 29.7 Å². The molecule has 134 valence electrons. The minimum atomic E-state index is 0.172. The lowest BCUT2D eigenvalue weighted by atomic mass is 9.86. The van der Waals surface area contributed by atoms with Crippen LogP contribution in [0.1, 0.15) is 64.0 Å². The van der Waals surface area contributed by atoms with Crippen molar-refractivity contribution in [3.8, 4) is 11.8 Å². The minimum Gasteiger partial charge on any atom is -0.289 e. The van der Waals surface area contributed by atoms with Crippen LogP contribution in [-0.4, -0.2) is 23.3 Å². The van der Waals surface area contributed by atoms with E-state index in [0.717, 1.165) is 31.4 Å². The predicted octanol–water partition coefficient (Wildman–Crippen LogP) is 6.13. The van der Waals surface area contributed by atoms with Gasteiger partial charge in [0.15, 0.2) is 0 Å². The van der Waals surface area contributed by atoms with Crippen LogP contribution in [0.25, 0.3) is 0 Å². The highest BCUT2D eigenvalue weighted by Crippen LogP contribution is 2.40. The smallest absolute Gasteiger partial charge is 0.0425 e. The van der Waals surface area contributed by atoms with Crippen LogP contribution in [0.5, 0.6) is 0 Å². The van der Waals surface area contributed by atoms with Crippen molar-refractivity contribution in [3.05, 3.63) is 47.5 Å². The summed E-state index contributed by atoms with van der Waals surface area (Å²) in [5.41, 5.74) is 4.98. The lowest BCUT2D eigenvalue weighted by molar-refractivity contribution is 0.479. The summed E-state index contributed by atoms with van der Waals surface area (Å²) in [5.74, 6) is 6.93. The minimum absolute atomic E-state index is 0.172. The van der Waals surface area contributed by atoms with Crippen LogP contribution in [0.3, 0.4) is 0 Å². The van der Waals surface area contributed by atoms with Crippen LogP contribution in [0.4, 0.5) is 0 Å². The van der Waals surface area contributed by atoms with E-state index in [2.05, 4.69) is 69.7 Å². The van der Waals surface area contributed by atoms with Crippen LogP contribution in [0.15, 0.2) is 41.4 Å². The van der Waals surface area contributed by atoms with Gasteiger partial charge in [0.2, 0.25) is 0 Å². The van der Waals surface area contributed by atoms with Crippen molar-refractivity contribution in [2.75, 3.05) is 12.8 Å². The molecular formula is C23H31NS. The van der Waals surface area contributed by atoms with Gasteiger partial charge in [0.05, 0.1) is 0 Å². The number of thioether (sulfide) groups is 1. The molecule has 1 aromatic rings. The fourth-order valence-electron chi connectivity index (χ4n) is 3.41. The number of rotatable bonds is 7. The number of aliphatic imine (C=N–C) groups is 1. The lowest BCUT2D eigenvalue weighted by Crippen LogP contribution is -2.26. The standard InChI is InChI=1S/C23H31NS/c1-6-8-10-19-11-13-21(14-12-19)22-15-20(17-24-22)16-23(4,25-5)18(3)9-7-2/h11-14,20H,3,6-7,9,15-17H2,1-2,4-5H3. The summed E-state index contributed by atoms with van der Waals surface area (Å²) in [4.78, 5) is 4.84. The molecule has 2 rings (SSSR count). The highest BCUT2D eigenvalue weighted by atomic mass is 32.2. The Labute approximate surface area is 158 Å². The Hall–Kier alpha value is -1.46. The lowest BCUT2D eigenvalue weighted by Gasteiger charge is -2.32. The Kier molecular flexibility index (Phi) is 7.38. The van der Waals surface area contributed by atoms with Gasteiger partial charge in [-0.05, 0) is 56.1 Å². The average molecular weight is 354 g/mol. The highest BCUT2D eigenvalue weighted by molar-refractivity contribution is 8.00. The maximum atomic E-state index is 4.84. The van der Waals surface area contributed by atoms with Crippen LogP contribution in [0, 0.1) is 17.8 Å². The second kappa shape index (κ2) is 9.30. The van der Waals surface area contributed by atoms with Gasteiger partial charge >= 0.3 is 0 Å². The summed E-state index contributed by atoms with van der Waals surface area (Å²) in [5, 5.41) is 0. The van der Waals surface area contributed by atoms with Crippen molar-refractivity contribution in [1.29, 1.82) is 0 Å². The van der Waals surface area contributed by atoms with Crippen molar-refractivity contribution in [3.63, 3.8) is 0 Å². The first kappa shape index (κ1) is 19.9. The van der Waals surface area contributed by atoms with Crippen molar-refractivity contribution >= 4 is 17.5 Å². The van der Waals surface area contributed by atoms with E-state index in [-0.39, 0.29) is 4.75 Å². The molecule has 1 heterocycles. The molecular weight excluding hydrogens is 322 g/mol. The van der Waals surface area contributed by atoms with Gasteiger partial charge in [-0.1, -0.05) is 56.4 Å². The Morgan fingerprint density at radius 1 is 1.32 bits per heavy atom. The molecule has 0 N–H and O–H groups in total. The second-order valence-electron chi connectivity index (χ2n) is 7.08. The maximum Gasteiger partial charge on any atom is 0.0425 e. The van der Waals surface area contributed by atoms with E-state index < -0.39 is 0 Å². The monoisotopic (exact) mass is 353 g/mol. The molecule has 0 saturated carbocycles. The van der Waals surface area contributed by atoms with Crippen molar-refractivity contribution in [2.45, 2.75) is 57.6 Å². The summed E-state index contributed by atoms with van der Waals surface area (Å²) >= 11 is 1.95. The maximum absolute atomic E-state index is 4.84. The summed E-state index contributed by atoms with van der Waals surface area (Å²) < 4.78 is 0.172. The molecule has 0 aromatic heterocycles. The molecule has 1 aromatic carbocycles. The van der Waals surface area contributed by atoms with Gasteiger partial charge in [0.25, 0.3) is 0 Å². The molecule has 2 unspecified atom stereocenters. The van der Waals surface area contributed by atoms with Gasteiger partial charge in [-0.15, -0.1) is 0 Å². The molecule has 0 bridgehead atoms. The highest BCUT2D eigenvalue weighted by Gasteiger charge is 2.32. The quantitative estimate of drug-likeness (QED) is 0.424. The van der Waals surface area contributed by atoms with Gasteiger partial charge in [0, 0.05) is 29.0 Å². The summed E-state index contributed by atoms with van der Waals surface area (Å²) in [6.45, 7) is 12.0.